The lowest BCUT2D eigenvalue weighted by Gasteiger charge is -2.39. The summed E-state index contributed by atoms with van der Waals surface area (Å²) in [6.07, 6.45) is 5.11. The molecule has 19 heavy (non-hydrogen) atoms. The molecule has 0 aromatic heterocycles. The standard InChI is InChI=1S/C16H25N3/c1-18(2)14-8-5-11-19(12-14)15-9-3-6-13-7-4-10-17-16(13)15/h3,6,9,14,17H,4-5,7-8,10-12H2,1-2H3. The number of benzene rings is 1. The van der Waals surface area contributed by atoms with Gasteiger partial charge in [0.15, 0.2) is 0 Å². The van der Waals surface area contributed by atoms with E-state index in [-0.39, 0.29) is 0 Å². The molecule has 0 bridgehead atoms. The molecular weight excluding hydrogens is 234 g/mol. The smallest absolute Gasteiger partial charge is 0.0610 e. The summed E-state index contributed by atoms with van der Waals surface area (Å²) in [5.74, 6) is 0. The van der Waals surface area contributed by atoms with E-state index in [1.54, 1.807) is 0 Å². The van der Waals surface area contributed by atoms with E-state index in [9.17, 15) is 0 Å². The highest BCUT2D eigenvalue weighted by atomic mass is 15.2. The predicted molar refractivity (Wildman–Crippen MR) is 82.2 cm³/mol. The van der Waals surface area contributed by atoms with Gasteiger partial charge in [0.05, 0.1) is 11.4 Å². The second kappa shape index (κ2) is 5.41. The van der Waals surface area contributed by atoms with Crippen LogP contribution in [0.5, 0.6) is 0 Å². The third kappa shape index (κ3) is 2.57. The molecule has 1 saturated heterocycles. The number of para-hydroxylation sites is 1. The van der Waals surface area contributed by atoms with Crippen molar-refractivity contribution >= 4 is 11.4 Å². The predicted octanol–water partition coefficient (Wildman–Crippen LogP) is 2.58. The maximum atomic E-state index is 3.62. The minimum Gasteiger partial charge on any atom is -0.383 e. The van der Waals surface area contributed by atoms with Gasteiger partial charge in [-0.05, 0) is 51.4 Å². The molecule has 3 heteroatoms. The molecule has 0 aliphatic carbocycles. The van der Waals surface area contributed by atoms with E-state index in [0.29, 0.717) is 6.04 Å². The van der Waals surface area contributed by atoms with Gasteiger partial charge in [0, 0.05) is 25.7 Å². The first kappa shape index (κ1) is 12.8. The monoisotopic (exact) mass is 259 g/mol. The van der Waals surface area contributed by atoms with Crippen molar-refractivity contribution in [2.75, 3.05) is 43.9 Å². The highest BCUT2D eigenvalue weighted by Crippen LogP contribution is 2.34. The Labute approximate surface area is 116 Å². The molecule has 3 rings (SSSR count). The van der Waals surface area contributed by atoms with Gasteiger partial charge in [0.25, 0.3) is 0 Å². The summed E-state index contributed by atoms with van der Waals surface area (Å²) in [6.45, 7) is 3.47. The maximum Gasteiger partial charge on any atom is 0.0610 e. The Balaban J connectivity index is 1.85. The normalized spacial score (nSPS) is 23.1. The number of hydrogen-bond acceptors (Lipinski definition) is 3. The van der Waals surface area contributed by atoms with Crippen molar-refractivity contribution in [3.05, 3.63) is 23.8 Å². The SMILES string of the molecule is CN(C)C1CCCN(c2cccc3c2NCCC3)C1. The molecular formula is C16H25N3. The van der Waals surface area contributed by atoms with E-state index in [1.165, 1.54) is 49.2 Å². The van der Waals surface area contributed by atoms with Gasteiger partial charge < -0.3 is 15.1 Å². The van der Waals surface area contributed by atoms with Crippen LogP contribution < -0.4 is 10.2 Å². The third-order valence-corrected chi connectivity index (χ3v) is 4.52. The van der Waals surface area contributed by atoms with Crippen LogP contribution >= 0.6 is 0 Å². The highest BCUT2D eigenvalue weighted by molar-refractivity contribution is 5.74. The van der Waals surface area contributed by atoms with E-state index in [4.69, 9.17) is 0 Å². The van der Waals surface area contributed by atoms with Crippen LogP contribution in [-0.2, 0) is 6.42 Å². The van der Waals surface area contributed by atoms with Crippen LogP contribution in [0.25, 0.3) is 0 Å². The maximum absolute atomic E-state index is 3.62. The molecule has 1 fully saturated rings. The van der Waals surface area contributed by atoms with Crippen LogP contribution in [0, 0.1) is 0 Å². The molecule has 0 saturated carbocycles. The van der Waals surface area contributed by atoms with Gasteiger partial charge in [-0.25, -0.2) is 0 Å². The number of hydrogen-bond donors (Lipinski definition) is 1. The largest absolute Gasteiger partial charge is 0.383 e. The Morgan fingerprint density at radius 1 is 1.26 bits per heavy atom. The van der Waals surface area contributed by atoms with Crippen LogP contribution in [0.2, 0.25) is 0 Å². The van der Waals surface area contributed by atoms with Gasteiger partial charge in [0.2, 0.25) is 0 Å². The van der Waals surface area contributed by atoms with E-state index in [1.807, 2.05) is 0 Å². The Kier molecular flexibility index (Phi) is 3.65. The number of nitrogens with zero attached hydrogens (tertiary/aromatic N) is 2. The molecule has 0 amide bonds. The van der Waals surface area contributed by atoms with Gasteiger partial charge in [-0.3, -0.25) is 0 Å². The minimum atomic E-state index is 0.688. The lowest BCUT2D eigenvalue weighted by molar-refractivity contribution is 0.258. The van der Waals surface area contributed by atoms with Crippen molar-refractivity contribution < 1.29 is 0 Å². The Morgan fingerprint density at radius 3 is 3.00 bits per heavy atom. The van der Waals surface area contributed by atoms with Crippen molar-refractivity contribution in [2.45, 2.75) is 31.7 Å². The molecule has 104 valence electrons. The molecule has 1 aromatic carbocycles. The first-order valence-electron chi connectivity index (χ1n) is 7.53. The number of aryl methyl sites for hydroxylation is 1. The van der Waals surface area contributed by atoms with Crippen molar-refractivity contribution in [1.82, 2.24) is 4.90 Å². The average Bonchev–Trinajstić information content (AvgIpc) is 2.47. The molecule has 2 heterocycles. The zero-order chi connectivity index (χ0) is 13.2. The van der Waals surface area contributed by atoms with E-state index < -0.39 is 0 Å². The lowest BCUT2D eigenvalue weighted by Crippen LogP contribution is -2.45. The number of rotatable bonds is 2. The molecule has 1 aromatic rings. The second-order valence-corrected chi connectivity index (χ2v) is 6.05. The first-order chi connectivity index (χ1) is 9.25. The average molecular weight is 259 g/mol. The molecule has 1 atom stereocenters. The Morgan fingerprint density at radius 2 is 2.16 bits per heavy atom. The van der Waals surface area contributed by atoms with Gasteiger partial charge in [-0.15, -0.1) is 0 Å². The first-order valence-corrected chi connectivity index (χ1v) is 7.53. The number of anilines is 2. The van der Waals surface area contributed by atoms with Crippen molar-refractivity contribution in [1.29, 1.82) is 0 Å². The molecule has 2 aliphatic rings. The molecule has 1 unspecified atom stereocenters. The van der Waals surface area contributed by atoms with Crippen LogP contribution in [0.1, 0.15) is 24.8 Å². The minimum absolute atomic E-state index is 0.688. The van der Waals surface area contributed by atoms with Gasteiger partial charge >= 0.3 is 0 Å². The van der Waals surface area contributed by atoms with Crippen LogP contribution in [0.3, 0.4) is 0 Å². The molecule has 2 aliphatic heterocycles. The van der Waals surface area contributed by atoms with E-state index in [0.717, 1.165) is 13.1 Å². The lowest BCUT2D eigenvalue weighted by atomic mass is 9.99. The third-order valence-electron chi connectivity index (χ3n) is 4.52. The van der Waals surface area contributed by atoms with Crippen LogP contribution in [0.4, 0.5) is 11.4 Å². The fraction of sp³-hybridized carbons (Fsp3) is 0.625. The summed E-state index contributed by atoms with van der Waals surface area (Å²) in [4.78, 5) is 4.94. The summed E-state index contributed by atoms with van der Waals surface area (Å²) < 4.78 is 0. The summed E-state index contributed by atoms with van der Waals surface area (Å²) in [5.41, 5.74) is 4.31. The topological polar surface area (TPSA) is 18.5 Å². The fourth-order valence-electron chi connectivity index (χ4n) is 3.35. The number of piperidine rings is 1. The zero-order valence-electron chi connectivity index (χ0n) is 12.2. The molecule has 0 spiro atoms. The quantitative estimate of drug-likeness (QED) is 0.880. The Bertz CT molecular complexity index is 442. The fourth-order valence-corrected chi connectivity index (χ4v) is 3.35. The molecule has 0 radical (unpaired) electrons. The van der Waals surface area contributed by atoms with Crippen LogP contribution in [0.15, 0.2) is 18.2 Å². The van der Waals surface area contributed by atoms with Crippen molar-refractivity contribution in [3.63, 3.8) is 0 Å². The zero-order valence-corrected chi connectivity index (χ0v) is 12.2. The second-order valence-electron chi connectivity index (χ2n) is 6.05. The van der Waals surface area contributed by atoms with Gasteiger partial charge in [-0.2, -0.15) is 0 Å². The van der Waals surface area contributed by atoms with E-state index in [2.05, 4.69) is 47.4 Å². The Hall–Kier alpha value is -1.22. The van der Waals surface area contributed by atoms with Gasteiger partial charge in [0.1, 0.15) is 0 Å². The number of likely N-dealkylation sites (N-methyl/N-ethyl adjacent to an activating group) is 1. The van der Waals surface area contributed by atoms with Crippen LogP contribution in [-0.4, -0.2) is 44.7 Å². The molecule has 3 nitrogen and oxygen atoms in total. The van der Waals surface area contributed by atoms with Crippen molar-refractivity contribution in [3.8, 4) is 0 Å². The van der Waals surface area contributed by atoms with E-state index >= 15 is 0 Å². The highest BCUT2D eigenvalue weighted by Gasteiger charge is 2.24. The molecule has 1 N–H and O–H groups in total. The van der Waals surface area contributed by atoms with Gasteiger partial charge in [-0.1, -0.05) is 12.1 Å². The summed E-state index contributed by atoms with van der Waals surface area (Å²) >= 11 is 0. The summed E-state index contributed by atoms with van der Waals surface area (Å²) in [5, 5.41) is 3.62. The number of nitrogens with one attached hydrogen (secondary N) is 1. The number of fused-ring (bicyclic) bond motifs is 1. The summed E-state index contributed by atoms with van der Waals surface area (Å²) in [7, 11) is 4.40. The van der Waals surface area contributed by atoms with Crippen molar-refractivity contribution in [2.24, 2.45) is 0 Å². The summed E-state index contributed by atoms with van der Waals surface area (Å²) in [6, 6.07) is 7.47.